The average molecular weight is 259 g/mol. The quantitative estimate of drug-likeness (QED) is 0.433. The number of ether oxygens (including phenoxy) is 1. The molecular formula is C11H15BrO2. The maximum Gasteiger partial charge on any atom is 0.345 e. The zero-order chi connectivity index (χ0) is 11.2. The highest BCUT2D eigenvalue weighted by atomic mass is 79.9. The highest BCUT2D eigenvalue weighted by Crippen LogP contribution is 2.11. The lowest BCUT2D eigenvalue weighted by Crippen LogP contribution is -2.03. The molecule has 0 rings (SSSR count). The fraction of sp³-hybridized carbons (Fsp3) is 0.545. The number of hydrogen-bond acceptors (Lipinski definition) is 2. The fourth-order valence-electron chi connectivity index (χ4n) is 0.575. The summed E-state index contributed by atoms with van der Waals surface area (Å²) in [5, 5.41) is 0. The van der Waals surface area contributed by atoms with E-state index in [1.54, 1.807) is 6.92 Å². The van der Waals surface area contributed by atoms with E-state index >= 15 is 0 Å². The third-order valence-corrected chi connectivity index (χ3v) is 1.67. The van der Waals surface area contributed by atoms with Crippen LogP contribution in [-0.4, -0.2) is 12.6 Å². The Labute approximate surface area is 93.8 Å². The molecule has 0 aromatic carbocycles. The smallest absolute Gasteiger partial charge is 0.345 e. The van der Waals surface area contributed by atoms with Crippen molar-refractivity contribution in [2.24, 2.45) is 5.41 Å². The standard InChI is InChI=1S/C11H15BrO2/c1-5-14-10(13)9(12)7-6-8-11(2,3)4/h7H,5H2,1-4H3/b9-7-. The Bertz CT molecular complexity index is 287. The molecule has 0 bridgehead atoms. The molecule has 0 aromatic heterocycles. The van der Waals surface area contributed by atoms with Crippen molar-refractivity contribution < 1.29 is 9.53 Å². The second-order valence-electron chi connectivity index (χ2n) is 3.73. The molecule has 0 aliphatic rings. The van der Waals surface area contributed by atoms with Gasteiger partial charge in [-0.2, -0.15) is 0 Å². The van der Waals surface area contributed by atoms with Crippen LogP contribution in [0.5, 0.6) is 0 Å². The van der Waals surface area contributed by atoms with Crippen molar-refractivity contribution >= 4 is 21.9 Å². The Morgan fingerprint density at radius 3 is 2.50 bits per heavy atom. The maximum absolute atomic E-state index is 11.1. The van der Waals surface area contributed by atoms with Gasteiger partial charge in [0, 0.05) is 11.5 Å². The van der Waals surface area contributed by atoms with Gasteiger partial charge in [0.25, 0.3) is 0 Å². The van der Waals surface area contributed by atoms with Crippen molar-refractivity contribution in [3.63, 3.8) is 0 Å². The van der Waals surface area contributed by atoms with E-state index in [0.29, 0.717) is 11.1 Å². The molecule has 0 N–H and O–H groups in total. The summed E-state index contributed by atoms with van der Waals surface area (Å²) in [6.07, 6.45) is 1.52. The number of carbonyl (C=O) groups is 1. The molecule has 0 aliphatic carbocycles. The third kappa shape index (κ3) is 6.73. The molecular weight excluding hydrogens is 244 g/mol. The molecule has 0 saturated heterocycles. The van der Waals surface area contributed by atoms with Gasteiger partial charge in [0.05, 0.1) is 6.61 Å². The molecule has 0 saturated carbocycles. The third-order valence-electron chi connectivity index (χ3n) is 1.12. The van der Waals surface area contributed by atoms with Crippen LogP contribution in [0, 0.1) is 17.3 Å². The lowest BCUT2D eigenvalue weighted by atomic mass is 9.98. The zero-order valence-electron chi connectivity index (χ0n) is 8.98. The molecule has 14 heavy (non-hydrogen) atoms. The van der Waals surface area contributed by atoms with Gasteiger partial charge in [0.1, 0.15) is 4.48 Å². The lowest BCUT2D eigenvalue weighted by molar-refractivity contribution is -0.137. The molecule has 0 aliphatic heterocycles. The van der Waals surface area contributed by atoms with Crippen molar-refractivity contribution in [1.29, 1.82) is 0 Å². The van der Waals surface area contributed by atoms with Crippen LogP contribution in [-0.2, 0) is 9.53 Å². The van der Waals surface area contributed by atoms with E-state index in [1.807, 2.05) is 20.8 Å². The first-order valence-corrected chi connectivity index (χ1v) is 5.21. The predicted molar refractivity (Wildman–Crippen MR) is 60.9 cm³/mol. The SMILES string of the molecule is CCOC(=O)/C(Br)=C/C#CC(C)(C)C. The van der Waals surface area contributed by atoms with Gasteiger partial charge in [-0.1, -0.05) is 11.8 Å². The van der Waals surface area contributed by atoms with E-state index < -0.39 is 0 Å². The van der Waals surface area contributed by atoms with Crippen LogP contribution >= 0.6 is 15.9 Å². The minimum atomic E-state index is -0.379. The van der Waals surface area contributed by atoms with Crippen molar-refractivity contribution in [3.05, 3.63) is 10.6 Å². The van der Waals surface area contributed by atoms with E-state index in [1.165, 1.54) is 6.08 Å². The Hall–Kier alpha value is -0.750. The number of rotatable bonds is 2. The summed E-state index contributed by atoms with van der Waals surface area (Å²) in [4.78, 5) is 11.1. The summed E-state index contributed by atoms with van der Waals surface area (Å²) < 4.78 is 5.12. The second-order valence-corrected chi connectivity index (χ2v) is 4.59. The maximum atomic E-state index is 11.1. The van der Waals surface area contributed by atoms with Gasteiger partial charge in [-0.25, -0.2) is 4.79 Å². The van der Waals surface area contributed by atoms with Gasteiger partial charge < -0.3 is 4.74 Å². The van der Waals surface area contributed by atoms with Gasteiger partial charge in [0.2, 0.25) is 0 Å². The van der Waals surface area contributed by atoms with Crippen LogP contribution in [0.1, 0.15) is 27.7 Å². The van der Waals surface area contributed by atoms with Gasteiger partial charge >= 0.3 is 5.97 Å². The molecule has 0 radical (unpaired) electrons. The minimum absolute atomic E-state index is 0.0571. The van der Waals surface area contributed by atoms with E-state index in [4.69, 9.17) is 4.74 Å². The molecule has 0 aromatic rings. The number of carbonyl (C=O) groups excluding carboxylic acids is 1. The first-order chi connectivity index (χ1) is 6.37. The van der Waals surface area contributed by atoms with Crippen LogP contribution < -0.4 is 0 Å². The molecule has 0 unspecified atom stereocenters. The molecule has 0 fully saturated rings. The van der Waals surface area contributed by atoms with E-state index in [0.717, 1.165) is 0 Å². The predicted octanol–water partition coefficient (Wildman–Crippen LogP) is 2.88. The average Bonchev–Trinajstić information content (AvgIpc) is 2.02. The summed E-state index contributed by atoms with van der Waals surface area (Å²) in [5.74, 6) is 5.41. The lowest BCUT2D eigenvalue weighted by Gasteiger charge is -2.06. The first-order valence-electron chi connectivity index (χ1n) is 4.42. The summed E-state index contributed by atoms with van der Waals surface area (Å²) in [5.41, 5.74) is -0.0571. The number of esters is 1. The fourth-order valence-corrected chi connectivity index (χ4v) is 0.804. The molecule has 0 heterocycles. The van der Waals surface area contributed by atoms with Crippen LogP contribution in [0.2, 0.25) is 0 Å². The molecule has 0 atom stereocenters. The summed E-state index contributed by atoms with van der Waals surface area (Å²) in [6.45, 7) is 8.15. The number of allylic oxidation sites excluding steroid dienone is 1. The van der Waals surface area contributed by atoms with E-state index in [-0.39, 0.29) is 11.4 Å². The second kappa shape index (κ2) is 5.87. The van der Waals surface area contributed by atoms with Crippen molar-refractivity contribution in [2.75, 3.05) is 6.61 Å². The summed E-state index contributed by atoms with van der Waals surface area (Å²) in [7, 11) is 0. The number of hydrogen-bond donors (Lipinski definition) is 0. The molecule has 3 heteroatoms. The molecule has 0 spiro atoms. The number of halogens is 1. The normalized spacial score (nSPS) is 11.6. The largest absolute Gasteiger partial charge is 0.462 e. The van der Waals surface area contributed by atoms with Gasteiger partial charge in [-0.05, 0) is 43.6 Å². The summed E-state index contributed by atoms with van der Waals surface area (Å²) >= 11 is 3.10. The Balaban J connectivity index is 4.37. The zero-order valence-corrected chi connectivity index (χ0v) is 10.6. The molecule has 2 nitrogen and oxygen atoms in total. The van der Waals surface area contributed by atoms with Gasteiger partial charge in [-0.3, -0.25) is 0 Å². The van der Waals surface area contributed by atoms with Crippen molar-refractivity contribution in [1.82, 2.24) is 0 Å². The van der Waals surface area contributed by atoms with Gasteiger partial charge in [0.15, 0.2) is 0 Å². The van der Waals surface area contributed by atoms with E-state index in [2.05, 4.69) is 27.8 Å². The molecule has 78 valence electrons. The Morgan fingerprint density at radius 1 is 1.50 bits per heavy atom. The minimum Gasteiger partial charge on any atom is -0.462 e. The highest BCUT2D eigenvalue weighted by molar-refractivity contribution is 9.12. The van der Waals surface area contributed by atoms with Crippen LogP contribution in [0.15, 0.2) is 10.6 Å². The monoisotopic (exact) mass is 258 g/mol. The molecule has 0 amide bonds. The van der Waals surface area contributed by atoms with Crippen LogP contribution in [0.25, 0.3) is 0 Å². The van der Waals surface area contributed by atoms with Crippen LogP contribution in [0.4, 0.5) is 0 Å². The first kappa shape index (κ1) is 13.2. The van der Waals surface area contributed by atoms with Crippen LogP contribution in [0.3, 0.4) is 0 Å². The van der Waals surface area contributed by atoms with Crippen molar-refractivity contribution in [2.45, 2.75) is 27.7 Å². The highest BCUT2D eigenvalue weighted by Gasteiger charge is 2.05. The Morgan fingerprint density at radius 2 is 2.07 bits per heavy atom. The summed E-state index contributed by atoms with van der Waals surface area (Å²) in [6, 6.07) is 0. The van der Waals surface area contributed by atoms with E-state index in [9.17, 15) is 4.79 Å². The topological polar surface area (TPSA) is 26.3 Å². The Kier molecular flexibility index (Phi) is 5.56. The van der Waals surface area contributed by atoms with Gasteiger partial charge in [-0.15, -0.1) is 0 Å². The van der Waals surface area contributed by atoms with Crippen molar-refractivity contribution in [3.8, 4) is 11.8 Å².